The van der Waals surface area contributed by atoms with E-state index < -0.39 is 0 Å². The first kappa shape index (κ1) is 17.2. The number of amides is 1. The van der Waals surface area contributed by atoms with Crippen LogP contribution in [-0.2, 0) is 4.79 Å². The summed E-state index contributed by atoms with van der Waals surface area (Å²) in [5.74, 6) is 0.717. The summed E-state index contributed by atoms with van der Waals surface area (Å²) in [7, 11) is 0. The molecule has 2 heterocycles. The number of piperidine rings is 1. The first-order chi connectivity index (χ1) is 11.5. The van der Waals surface area contributed by atoms with E-state index in [1.807, 2.05) is 37.3 Å². The van der Waals surface area contributed by atoms with Crippen molar-refractivity contribution in [3.8, 4) is 0 Å². The average molecular weight is 409 g/mol. The number of hydrogen-bond donors (Lipinski definition) is 1. The van der Waals surface area contributed by atoms with E-state index in [2.05, 4.69) is 31.1 Å². The lowest BCUT2D eigenvalue weighted by Crippen LogP contribution is -2.41. The van der Waals surface area contributed by atoms with Crippen LogP contribution in [0.25, 0.3) is 0 Å². The maximum Gasteiger partial charge on any atom is 0.229 e. The lowest BCUT2D eigenvalue weighted by Gasteiger charge is -2.33. The molecule has 0 bridgehead atoms. The van der Waals surface area contributed by atoms with Crippen molar-refractivity contribution >= 4 is 44.9 Å². The smallest absolute Gasteiger partial charge is 0.229 e. The highest BCUT2D eigenvalue weighted by Crippen LogP contribution is 2.29. The largest absolute Gasteiger partial charge is 0.355 e. The van der Waals surface area contributed by atoms with Gasteiger partial charge < -0.3 is 10.2 Å². The third kappa shape index (κ3) is 3.90. The first-order valence-electron chi connectivity index (χ1n) is 7.97. The van der Waals surface area contributed by atoms with Gasteiger partial charge in [-0.15, -0.1) is 0 Å². The molecule has 0 unspecified atom stereocenters. The van der Waals surface area contributed by atoms with Crippen molar-refractivity contribution in [3.63, 3.8) is 0 Å². The predicted molar refractivity (Wildman–Crippen MR) is 102 cm³/mol. The van der Waals surface area contributed by atoms with Crippen molar-refractivity contribution in [1.82, 2.24) is 4.98 Å². The summed E-state index contributed by atoms with van der Waals surface area (Å²) in [5.41, 5.74) is 1.95. The summed E-state index contributed by atoms with van der Waals surface area (Å²) >= 11 is 9.74. The average Bonchev–Trinajstić information content (AvgIpc) is 2.58. The van der Waals surface area contributed by atoms with Crippen LogP contribution in [0.15, 0.2) is 41.0 Å². The zero-order chi connectivity index (χ0) is 17.1. The van der Waals surface area contributed by atoms with Gasteiger partial charge in [0.2, 0.25) is 5.91 Å². The van der Waals surface area contributed by atoms with Gasteiger partial charge in [-0.2, -0.15) is 0 Å². The highest BCUT2D eigenvalue weighted by atomic mass is 79.9. The van der Waals surface area contributed by atoms with Crippen molar-refractivity contribution in [3.05, 3.63) is 51.6 Å². The molecule has 1 aromatic heterocycles. The lowest BCUT2D eigenvalue weighted by molar-refractivity contribution is -0.120. The summed E-state index contributed by atoms with van der Waals surface area (Å²) in [6.07, 6.45) is 3.55. The second kappa shape index (κ2) is 7.53. The van der Waals surface area contributed by atoms with Crippen LogP contribution < -0.4 is 10.2 Å². The standard InChI is InChI=1S/C18H19BrClN3O/c1-12-6-7-16(14(19)10-12)22-18(24)13-4-3-9-23(11-13)17-15(20)5-2-8-21-17/h2,5-8,10,13H,3-4,9,11H2,1H3,(H,22,24)/t13-/m0/s1. The number of anilines is 2. The van der Waals surface area contributed by atoms with Crippen LogP contribution in [0.2, 0.25) is 5.02 Å². The Morgan fingerprint density at radius 3 is 3.00 bits per heavy atom. The van der Waals surface area contributed by atoms with Crippen LogP contribution in [0.4, 0.5) is 11.5 Å². The van der Waals surface area contributed by atoms with Crippen molar-refractivity contribution in [1.29, 1.82) is 0 Å². The minimum atomic E-state index is -0.0787. The Bertz CT molecular complexity index is 753. The molecule has 126 valence electrons. The molecule has 1 aromatic carbocycles. The molecule has 0 aliphatic carbocycles. The van der Waals surface area contributed by atoms with Gasteiger partial charge in [0, 0.05) is 23.8 Å². The fourth-order valence-electron chi connectivity index (χ4n) is 2.95. The number of aromatic nitrogens is 1. The Balaban J connectivity index is 1.70. The van der Waals surface area contributed by atoms with Crippen LogP contribution in [0.5, 0.6) is 0 Å². The van der Waals surface area contributed by atoms with E-state index in [4.69, 9.17) is 11.6 Å². The molecule has 6 heteroatoms. The fourth-order valence-corrected chi connectivity index (χ4v) is 3.78. The molecule has 0 radical (unpaired) electrons. The van der Waals surface area contributed by atoms with Gasteiger partial charge >= 0.3 is 0 Å². The van der Waals surface area contributed by atoms with Crippen LogP contribution >= 0.6 is 27.5 Å². The number of carbonyl (C=O) groups excluding carboxylic acids is 1. The van der Waals surface area contributed by atoms with E-state index in [9.17, 15) is 4.79 Å². The summed E-state index contributed by atoms with van der Waals surface area (Å²) in [6, 6.07) is 9.55. The summed E-state index contributed by atoms with van der Waals surface area (Å²) in [5, 5.41) is 3.65. The van der Waals surface area contributed by atoms with Crippen LogP contribution in [-0.4, -0.2) is 24.0 Å². The Morgan fingerprint density at radius 2 is 2.25 bits per heavy atom. The van der Waals surface area contributed by atoms with E-state index in [1.165, 1.54) is 0 Å². The topological polar surface area (TPSA) is 45.2 Å². The SMILES string of the molecule is Cc1ccc(NC(=O)[C@H]2CCCN(c3ncccc3Cl)C2)c(Br)c1. The molecule has 1 N–H and O–H groups in total. The van der Waals surface area contributed by atoms with Gasteiger partial charge in [0.1, 0.15) is 5.82 Å². The number of rotatable bonds is 3. The molecule has 1 fully saturated rings. The molecule has 1 saturated heterocycles. The number of carbonyl (C=O) groups is 1. The lowest BCUT2D eigenvalue weighted by atomic mass is 9.97. The zero-order valence-corrected chi connectivity index (χ0v) is 15.8. The minimum absolute atomic E-state index is 0.0382. The maximum absolute atomic E-state index is 12.7. The second-order valence-corrected chi connectivity index (χ2v) is 7.33. The van der Waals surface area contributed by atoms with E-state index in [1.54, 1.807) is 6.20 Å². The molecule has 3 rings (SSSR count). The molecule has 1 aliphatic heterocycles. The quantitative estimate of drug-likeness (QED) is 0.803. The zero-order valence-electron chi connectivity index (χ0n) is 13.4. The van der Waals surface area contributed by atoms with Crippen molar-refractivity contribution in [2.75, 3.05) is 23.3 Å². The number of benzene rings is 1. The normalized spacial score (nSPS) is 17.6. The Hall–Kier alpha value is -1.59. The Labute approximate surface area is 155 Å². The number of nitrogens with one attached hydrogen (secondary N) is 1. The van der Waals surface area contributed by atoms with Gasteiger partial charge in [0.15, 0.2) is 0 Å². The monoisotopic (exact) mass is 407 g/mol. The van der Waals surface area contributed by atoms with Crippen LogP contribution in [0, 0.1) is 12.8 Å². The summed E-state index contributed by atoms with van der Waals surface area (Å²) < 4.78 is 0.899. The van der Waals surface area contributed by atoms with Gasteiger partial charge in [0.25, 0.3) is 0 Å². The van der Waals surface area contributed by atoms with Gasteiger partial charge in [-0.25, -0.2) is 4.98 Å². The van der Waals surface area contributed by atoms with Gasteiger partial charge in [0.05, 0.1) is 16.6 Å². The molecule has 1 amide bonds. The molecule has 0 saturated carbocycles. The van der Waals surface area contributed by atoms with Crippen molar-refractivity contribution in [2.24, 2.45) is 5.92 Å². The number of aryl methyl sites for hydroxylation is 1. The molecule has 1 aliphatic rings. The van der Waals surface area contributed by atoms with Crippen molar-refractivity contribution in [2.45, 2.75) is 19.8 Å². The number of pyridine rings is 1. The number of hydrogen-bond acceptors (Lipinski definition) is 3. The molecule has 0 spiro atoms. The molecule has 2 aromatic rings. The van der Waals surface area contributed by atoms with E-state index in [-0.39, 0.29) is 11.8 Å². The first-order valence-corrected chi connectivity index (χ1v) is 9.14. The van der Waals surface area contributed by atoms with E-state index in [0.29, 0.717) is 11.6 Å². The molecule has 1 atom stereocenters. The molecule has 4 nitrogen and oxygen atoms in total. The van der Waals surface area contributed by atoms with Gasteiger partial charge in [-0.3, -0.25) is 4.79 Å². The number of nitrogens with zero attached hydrogens (tertiary/aromatic N) is 2. The van der Waals surface area contributed by atoms with Crippen LogP contribution in [0.1, 0.15) is 18.4 Å². The number of halogens is 2. The van der Waals surface area contributed by atoms with Gasteiger partial charge in [-0.05, 0) is 65.5 Å². The van der Waals surface area contributed by atoms with E-state index >= 15 is 0 Å². The van der Waals surface area contributed by atoms with Crippen LogP contribution in [0.3, 0.4) is 0 Å². The van der Waals surface area contributed by atoms with Crippen molar-refractivity contribution < 1.29 is 4.79 Å². The molecule has 24 heavy (non-hydrogen) atoms. The maximum atomic E-state index is 12.7. The molecular weight excluding hydrogens is 390 g/mol. The predicted octanol–water partition coefficient (Wildman–Crippen LogP) is 4.66. The highest BCUT2D eigenvalue weighted by molar-refractivity contribution is 9.10. The third-order valence-electron chi connectivity index (χ3n) is 4.21. The molecular formula is C18H19BrClN3O. The third-order valence-corrected chi connectivity index (χ3v) is 5.16. The second-order valence-electron chi connectivity index (χ2n) is 6.07. The highest BCUT2D eigenvalue weighted by Gasteiger charge is 2.27. The fraction of sp³-hybridized carbons (Fsp3) is 0.333. The summed E-state index contributed by atoms with van der Waals surface area (Å²) in [6.45, 7) is 3.52. The Morgan fingerprint density at radius 1 is 1.42 bits per heavy atom. The minimum Gasteiger partial charge on any atom is -0.355 e. The Kier molecular flexibility index (Phi) is 5.41. The van der Waals surface area contributed by atoms with Gasteiger partial charge in [-0.1, -0.05) is 17.7 Å². The van der Waals surface area contributed by atoms with E-state index in [0.717, 1.165) is 40.9 Å². The summed E-state index contributed by atoms with van der Waals surface area (Å²) in [4.78, 5) is 19.1.